The first-order valence-electron chi connectivity index (χ1n) is 8.76. The van der Waals surface area contributed by atoms with E-state index in [0.717, 1.165) is 13.2 Å². The summed E-state index contributed by atoms with van der Waals surface area (Å²) < 4.78 is 15.3. The molecule has 0 unspecified atom stereocenters. The first kappa shape index (κ1) is 21.4. The summed E-state index contributed by atoms with van der Waals surface area (Å²) in [4.78, 5) is 23.1. The van der Waals surface area contributed by atoms with Gasteiger partial charge in [-0.15, -0.1) is 0 Å². The zero-order chi connectivity index (χ0) is 18.9. The van der Waals surface area contributed by atoms with Crippen LogP contribution < -0.4 is 5.32 Å². The van der Waals surface area contributed by atoms with Gasteiger partial charge in [-0.3, -0.25) is 4.79 Å². The smallest absolute Gasteiger partial charge is 0.408 e. The minimum absolute atomic E-state index is 0.0990. The van der Waals surface area contributed by atoms with Crippen molar-refractivity contribution in [3.05, 3.63) is 12.2 Å². The summed E-state index contributed by atoms with van der Waals surface area (Å²) in [6, 6.07) is -0.360. The van der Waals surface area contributed by atoms with Crippen LogP contribution in [0.25, 0.3) is 0 Å². The molecule has 25 heavy (non-hydrogen) atoms. The molecule has 0 aromatic carbocycles. The van der Waals surface area contributed by atoms with Gasteiger partial charge in [0.05, 0.1) is 12.6 Å². The van der Waals surface area contributed by atoms with E-state index in [1.165, 1.54) is 12.8 Å². The topological polar surface area (TPSA) is 94.1 Å². The largest absolute Gasteiger partial charge is 0.481 e. The van der Waals surface area contributed by atoms with Crippen molar-refractivity contribution in [1.82, 2.24) is 5.32 Å². The van der Waals surface area contributed by atoms with E-state index in [0.29, 0.717) is 6.61 Å². The lowest BCUT2D eigenvalue weighted by Crippen LogP contribution is -2.41. The Bertz CT molecular complexity index is 459. The maximum absolute atomic E-state index is 11.7. The Kier molecular flexibility index (Phi) is 8.38. The van der Waals surface area contributed by atoms with Crippen LogP contribution in [0.1, 0.15) is 47.0 Å². The number of alkyl carbamates (subject to hydrolysis) is 1. The number of carboxylic acid groups (broad SMARTS) is 1. The van der Waals surface area contributed by atoms with Crippen molar-refractivity contribution in [3.8, 4) is 0 Å². The van der Waals surface area contributed by atoms with Crippen molar-refractivity contribution in [3.63, 3.8) is 0 Å². The van der Waals surface area contributed by atoms with Crippen molar-refractivity contribution < 1.29 is 28.9 Å². The molecule has 2 atom stereocenters. The maximum Gasteiger partial charge on any atom is 0.408 e. The number of rotatable bonds is 5. The Morgan fingerprint density at radius 1 is 1.32 bits per heavy atom. The number of hydrogen-bond donors (Lipinski definition) is 2. The van der Waals surface area contributed by atoms with Crippen LogP contribution in [0.5, 0.6) is 0 Å². The van der Waals surface area contributed by atoms with Crippen molar-refractivity contribution >= 4 is 12.1 Å². The lowest BCUT2D eigenvalue weighted by molar-refractivity contribution is -0.149. The highest BCUT2D eigenvalue weighted by Gasteiger charge is 2.42. The van der Waals surface area contributed by atoms with E-state index in [1.54, 1.807) is 32.9 Å². The van der Waals surface area contributed by atoms with Gasteiger partial charge in [-0.2, -0.15) is 0 Å². The minimum Gasteiger partial charge on any atom is -0.481 e. The molecule has 2 rings (SSSR count). The van der Waals surface area contributed by atoms with Crippen molar-refractivity contribution in [2.24, 2.45) is 5.41 Å². The number of nitrogens with one attached hydrogen (secondary N) is 1. The number of hydrogen-bond acceptors (Lipinski definition) is 5. The number of ether oxygens (including phenoxy) is 3. The zero-order valence-electron chi connectivity index (χ0n) is 15.7. The van der Waals surface area contributed by atoms with Crippen molar-refractivity contribution in [1.29, 1.82) is 0 Å². The molecule has 2 N–H and O–H groups in total. The van der Waals surface area contributed by atoms with Crippen LogP contribution >= 0.6 is 0 Å². The normalized spacial score (nSPS) is 25.2. The van der Waals surface area contributed by atoms with E-state index in [4.69, 9.17) is 14.2 Å². The van der Waals surface area contributed by atoms with Gasteiger partial charge >= 0.3 is 12.1 Å². The Balaban J connectivity index is 0.000000531. The number of carbonyl (C=O) groups excluding carboxylic acids is 1. The second-order valence-corrected chi connectivity index (χ2v) is 7.23. The van der Waals surface area contributed by atoms with Crippen molar-refractivity contribution in [2.75, 3.05) is 26.4 Å². The van der Waals surface area contributed by atoms with Crippen LogP contribution in [0.15, 0.2) is 12.2 Å². The Labute approximate surface area is 149 Å². The predicted octanol–water partition coefficient (Wildman–Crippen LogP) is 2.74. The minimum atomic E-state index is -1.07. The van der Waals surface area contributed by atoms with Gasteiger partial charge in [-0.05, 0) is 47.0 Å². The SMILES string of the molecule is C1CCOC1.CCOC[C@]1(C(=O)O)C=C[C@@H](NC(=O)OC(C)(C)C)C1. The zero-order valence-corrected chi connectivity index (χ0v) is 15.7. The summed E-state index contributed by atoms with van der Waals surface area (Å²) >= 11 is 0. The summed E-state index contributed by atoms with van der Waals surface area (Å²) in [6.45, 7) is 9.68. The Hall–Kier alpha value is -1.60. The van der Waals surface area contributed by atoms with Gasteiger partial charge in [-0.25, -0.2) is 4.79 Å². The highest BCUT2D eigenvalue weighted by atomic mass is 16.6. The third kappa shape index (κ3) is 7.88. The summed E-state index contributed by atoms with van der Waals surface area (Å²) in [7, 11) is 0. The molecule has 0 radical (unpaired) electrons. The van der Waals surface area contributed by atoms with E-state index >= 15 is 0 Å². The fraction of sp³-hybridized carbons (Fsp3) is 0.778. The molecule has 1 amide bonds. The third-order valence-electron chi connectivity index (χ3n) is 3.75. The van der Waals surface area contributed by atoms with Gasteiger partial charge in [0.15, 0.2) is 0 Å². The summed E-state index contributed by atoms with van der Waals surface area (Å²) in [5, 5.41) is 12.0. The molecule has 1 aliphatic carbocycles. The van der Waals surface area contributed by atoms with Crippen LogP contribution in [-0.2, 0) is 19.0 Å². The van der Waals surface area contributed by atoms with Crippen LogP contribution in [0.2, 0.25) is 0 Å². The van der Waals surface area contributed by atoms with Crippen molar-refractivity contribution in [2.45, 2.75) is 58.6 Å². The van der Waals surface area contributed by atoms with Crippen LogP contribution in [0.4, 0.5) is 4.79 Å². The average Bonchev–Trinajstić information content (AvgIpc) is 3.16. The molecule has 1 saturated heterocycles. The number of aliphatic carboxylic acids is 1. The van der Waals surface area contributed by atoms with Gasteiger partial charge in [0.2, 0.25) is 0 Å². The van der Waals surface area contributed by atoms with Gasteiger partial charge < -0.3 is 24.6 Å². The van der Waals surface area contributed by atoms with Crippen LogP contribution in [0, 0.1) is 5.41 Å². The molecule has 0 bridgehead atoms. The highest BCUT2D eigenvalue weighted by molar-refractivity contribution is 5.79. The van der Waals surface area contributed by atoms with Gasteiger partial charge in [0.1, 0.15) is 11.0 Å². The molecule has 1 aliphatic heterocycles. The molecule has 0 aromatic heterocycles. The van der Waals surface area contributed by atoms with E-state index in [9.17, 15) is 14.7 Å². The lowest BCUT2D eigenvalue weighted by atomic mass is 9.88. The molecular weight excluding hydrogens is 326 g/mol. The van der Waals surface area contributed by atoms with Crippen LogP contribution in [-0.4, -0.2) is 55.2 Å². The first-order chi connectivity index (χ1) is 11.7. The van der Waals surface area contributed by atoms with Gasteiger partial charge in [-0.1, -0.05) is 12.2 Å². The second kappa shape index (κ2) is 9.77. The van der Waals surface area contributed by atoms with Crippen LogP contribution in [0.3, 0.4) is 0 Å². The van der Waals surface area contributed by atoms with E-state index in [2.05, 4.69) is 5.32 Å². The molecule has 1 fully saturated rings. The molecule has 7 heteroatoms. The quantitative estimate of drug-likeness (QED) is 0.735. The molecular formula is C18H31NO6. The van der Waals surface area contributed by atoms with E-state index in [-0.39, 0.29) is 19.1 Å². The number of amides is 1. The average molecular weight is 357 g/mol. The Morgan fingerprint density at radius 3 is 2.40 bits per heavy atom. The lowest BCUT2D eigenvalue weighted by Gasteiger charge is -2.25. The fourth-order valence-electron chi connectivity index (χ4n) is 2.51. The Morgan fingerprint density at radius 2 is 1.96 bits per heavy atom. The first-order valence-corrected chi connectivity index (χ1v) is 8.76. The molecule has 1 heterocycles. The summed E-state index contributed by atoms with van der Waals surface area (Å²) in [6.07, 6.45) is 5.54. The molecule has 0 spiro atoms. The monoisotopic (exact) mass is 357 g/mol. The highest BCUT2D eigenvalue weighted by Crippen LogP contribution is 2.33. The molecule has 0 aromatic rings. The summed E-state index contributed by atoms with van der Waals surface area (Å²) in [5.41, 5.74) is -1.66. The second-order valence-electron chi connectivity index (χ2n) is 7.23. The van der Waals surface area contributed by atoms with E-state index < -0.39 is 23.1 Å². The summed E-state index contributed by atoms with van der Waals surface area (Å²) in [5.74, 6) is -0.948. The third-order valence-corrected chi connectivity index (χ3v) is 3.75. The molecule has 2 aliphatic rings. The van der Waals surface area contributed by atoms with Gasteiger partial charge in [0.25, 0.3) is 0 Å². The fourth-order valence-corrected chi connectivity index (χ4v) is 2.51. The van der Waals surface area contributed by atoms with E-state index in [1.807, 2.05) is 6.92 Å². The molecule has 144 valence electrons. The number of carboxylic acids is 1. The molecule has 7 nitrogen and oxygen atoms in total. The predicted molar refractivity (Wildman–Crippen MR) is 93.5 cm³/mol. The standard InChI is InChI=1S/C14H23NO5.C4H8O/c1-5-19-9-14(11(16)17)7-6-10(8-14)15-12(18)20-13(2,3)4;1-2-4-5-3-1/h6-7,10H,5,8-9H2,1-4H3,(H,15,18)(H,16,17);1-4H2/t10-,14+;/m1./s1. The molecule has 0 saturated carbocycles. The maximum atomic E-state index is 11.7. The van der Waals surface area contributed by atoms with Gasteiger partial charge in [0, 0.05) is 19.8 Å². The number of carbonyl (C=O) groups is 2.